The Morgan fingerprint density at radius 2 is 1.97 bits per heavy atom. The second-order valence-corrected chi connectivity index (χ2v) is 6.17. The molecule has 0 aromatic heterocycles. The van der Waals surface area contributed by atoms with Gasteiger partial charge >= 0.3 is 12.1 Å². The fourth-order valence-electron chi connectivity index (χ4n) is 2.74. The highest BCUT2D eigenvalue weighted by Crippen LogP contribution is 2.39. The average Bonchev–Trinajstić information content (AvgIpc) is 2.64. The molecule has 0 spiro atoms. The van der Waals surface area contributed by atoms with E-state index in [1.54, 1.807) is 26.0 Å². The number of carbonyl (C=O) groups excluding carboxylic acids is 1. The molecule has 0 fully saturated rings. The molecule has 2 unspecified atom stereocenters. The van der Waals surface area contributed by atoms with Gasteiger partial charge in [-0.1, -0.05) is 22.9 Å². The molecule has 0 saturated heterocycles. The highest BCUT2D eigenvalue weighted by Gasteiger charge is 2.49. The number of nitrogens with one attached hydrogen (secondary N) is 2. The van der Waals surface area contributed by atoms with Gasteiger partial charge in [-0.15, -0.1) is 0 Å². The zero-order valence-corrected chi connectivity index (χ0v) is 15.8. The Morgan fingerprint density at radius 3 is 2.59 bits per heavy atom. The first-order chi connectivity index (χ1) is 13.7. The molecule has 3 N–H and O–H groups in total. The van der Waals surface area contributed by atoms with Crippen LogP contribution in [0.15, 0.2) is 17.7 Å². The van der Waals surface area contributed by atoms with Crippen LogP contribution in [0.4, 0.5) is 13.2 Å². The molecule has 0 bridgehead atoms. The Hall–Kier alpha value is -2.22. The molecule has 1 heterocycles. The Labute approximate surface area is 164 Å². The fraction of sp³-hybridized carbons (Fsp3) is 0.471. The van der Waals surface area contributed by atoms with E-state index in [0.29, 0.717) is 11.1 Å². The van der Waals surface area contributed by atoms with E-state index >= 15 is 0 Å². The zero-order chi connectivity index (χ0) is 21.6. The SMILES string of the molecule is CONOCC(CONO)OC(=O)C1=Cc2cc(C)cc(C)c2OC1C(F)(F)F. The molecule has 0 saturated carbocycles. The number of alkyl halides is 3. The second kappa shape index (κ2) is 10.0. The first-order valence-corrected chi connectivity index (χ1v) is 8.35. The summed E-state index contributed by atoms with van der Waals surface area (Å²) in [5.74, 6) is -1.23. The van der Waals surface area contributed by atoms with Gasteiger partial charge in [0.2, 0.25) is 6.10 Å². The summed E-state index contributed by atoms with van der Waals surface area (Å²) in [5, 5.41) is 8.51. The van der Waals surface area contributed by atoms with Crippen molar-refractivity contribution in [2.75, 3.05) is 20.3 Å². The largest absolute Gasteiger partial charge is 0.475 e. The van der Waals surface area contributed by atoms with Gasteiger partial charge in [0.25, 0.3) is 0 Å². The van der Waals surface area contributed by atoms with Gasteiger partial charge in [0.05, 0.1) is 12.7 Å². The molecule has 1 aromatic carbocycles. The van der Waals surface area contributed by atoms with E-state index in [1.807, 2.05) is 5.64 Å². The molecule has 0 radical (unpaired) electrons. The standard InChI is InChI=1S/C17H21F3N2O7/c1-9-4-10(2)14-11(5-9)6-13(15(29-14)17(18,19)20)16(23)28-12(7-26-21-24)8-27-22-25-3/h4-6,12,15,21-22,24H,7-8H2,1-3H3. The van der Waals surface area contributed by atoms with Crippen LogP contribution in [0.25, 0.3) is 6.08 Å². The number of ether oxygens (including phenoxy) is 2. The van der Waals surface area contributed by atoms with Gasteiger partial charge in [-0.25, -0.2) is 4.79 Å². The lowest BCUT2D eigenvalue weighted by molar-refractivity contribution is -0.205. The topological polar surface area (TPSA) is 108 Å². The summed E-state index contributed by atoms with van der Waals surface area (Å²) in [4.78, 5) is 26.3. The van der Waals surface area contributed by atoms with Crippen molar-refractivity contribution in [1.82, 2.24) is 11.3 Å². The van der Waals surface area contributed by atoms with Crippen molar-refractivity contribution in [3.8, 4) is 5.75 Å². The maximum absolute atomic E-state index is 13.6. The summed E-state index contributed by atoms with van der Waals surface area (Å²) >= 11 is 0. The van der Waals surface area contributed by atoms with Gasteiger partial charge < -0.3 is 9.47 Å². The van der Waals surface area contributed by atoms with E-state index < -0.39 is 36.5 Å². The van der Waals surface area contributed by atoms with Crippen LogP contribution < -0.4 is 16.0 Å². The number of fused-ring (bicyclic) bond motifs is 1. The molecule has 9 nitrogen and oxygen atoms in total. The third-order valence-electron chi connectivity index (χ3n) is 3.83. The number of rotatable bonds is 9. The Bertz CT molecular complexity index is 755. The smallest absolute Gasteiger partial charge is 0.430 e. The lowest BCUT2D eigenvalue weighted by atomic mass is 9.97. The van der Waals surface area contributed by atoms with E-state index in [4.69, 9.17) is 19.5 Å². The maximum Gasteiger partial charge on any atom is 0.430 e. The predicted octanol–water partition coefficient (Wildman–Crippen LogP) is 1.91. The summed E-state index contributed by atoms with van der Waals surface area (Å²) in [6.45, 7) is 2.62. The summed E-state index contributed by atoms with van der Waals surface area (Å²) in [6, 6.07) is 3.28. The van der Waals surface area contributed by atoms with Crippen molar-refractivity contribution in [3.63, 3.8) is 0 Å². The minimum atomic E-state index is -4.85. The Balaban J connectivity index is 2.30. The first kappa shape index (κ1) is 23.1. The van der Waals surface area contributed by atoms with E-state index in [0.717, 1.165) is 11.6 Å². The van der Waals surface area contributed by atoms with Crippen LogP contribution in [0.3, 0.4) is 0 Å². The molecule has 1 aromatic rings. The average molecular weight is 422 g/mol. The van der Waals surface area contributed by atoms with Crippen molar-refractivity contribution in [1.29, 1.82) is 0 Å². The van der Waals surface area contributed by atoms with E-state index in [2.05, 4.69) is 9.68 Å². The third kappa shape index (κ3) is 6.13. The second-order valence-electron chi connectivity index (χ2n) is 6.17. The van der Waals surface area contributed by atoms with E-state index in [1.165, 1.54) is 12.8 Å². The van der Waals surface area contributed by atoms with Crippen LogP contribution in [-0.4, -0.2) is 49.9 Å². The molecule has 162 valence electrons. The van der Waals surface area contributed by atoms with Crippen molar-refractivity contribution in [2.45, 2.75) is 32.2 Å². The van der Waals surface area contributed by atoms with Crippen LogP contribution >= 0.6 is 0 Å². The molecule has 1 aliphatic rings. The van der Waals surface area contributed by atoms with Gasteiger partial charge in [0.1, 0.15) is 19.0 Å². The van der Waals surface area contributed by atoms with Crippen LogP contribution in [-0.2, 0) is 24.0 Å². The van der Waals surface area contributed by atoms with Crippen LogP contribution in [0.2, 0.25) is 0 Å². The fourth-order valence-corrected chi connectivity index (χ4v) is 2.74. The highest BCUT2D eigenvalue weighted by molar-refractivity contribution is 5.96. The molecular formula is C17H21F3N2O7. The number of carbonyl (C=O) groups is 1. The lowest BCUT2D eigenvalue weighted by Crippen LogP contribution is -2.42. The monoisotopic (exact) mass is 422 g/mol. The molecule has 29 heavy (non-hydrogen) atoms. The number of hydrogen-bond acceptors (Lipinski definition) is 9. The zero-order valence-electron chi connectivity index (χ0n) is 15.8. The molecule has 2 rings (SSSR count). The molecular weight excluding hydrogens is 401 g/mol. The molecule has 12 heteroatoms. The molecule has 0 amide bonds. The van der Waals surface area contributed by atoms with Crippen LogP contribution in [0.5, 0.6) is 5.75 Å². The number of benzene rings is 1. The highest BCUT2D eigenvalue weighted by atomic mass is 19.4. The van der Waals surface area contributed by atoms with Crippen molar-refractivity contribution in [2.24, 2.45) is 0 Å². The van der Waals surface area contributed by atoms with Crippen molar-refractivity contribution < 1.29 is 47.2 Å². The van der Waals surface area contributed by atoms with E-state index in [-0.39, 0.29) is 12.4 Å². The van der Waals surface area contributed by atoms with Gasteiger partial charge in [-0.3, -0.25) is 19.7 Å². The lowest BCUT2D eigenvalue weighted by Gasteiger charge is -2.29. The van der Waals surface area contributed by atoms with Crippen LogP contribution in [0.1, 0.15) is 16.7 Å². The number of aryl methyl sites for hydroxylation is 2. The van der Waals surface area contributed by atoms with Gasteiger partial charge in [0, 0.05) is 5.56 Å². The maximum atomic E-state index is 13.6. The number of halogens is 3. The quantitative estimate of drug-likeness (QED) is 0.313. The molecule has 1 aliphatic heterocycles. The van der Waals surface area contributed by atoms with Crippen molar-refractivity contribution >= 4 is 12.0 Å². The summed E-state index contributed by atoms with van der Waals surface area (Å²) < 4.78 is 50.8. The number of hydrogen-bond donors (Lipinski definition) is 3. The summed E-state index contributed by atoms with van der Waals surface area (Å²) in [5.41, 5.74) is 4.31. The van der Waals surface area contributed by atoms with Gasteiger partial charge in [-0.2, -0.15) is 13.2 Å². The summed E-state index contributed by atoms with van der Waals surface area (Å²) in [7, 11) is 1.26. The molecule has 2 atom stereocenters. The van der Waals surface area contributed by atoms with Gasteiger partial charge in [-0.05, 0) is 31.6 Å². The minimum absolute atomic E-state index is 0.0477. The first-order valence-electron chi connectivity index (χ1n) is 8.35. The van der Waals surface area contributed by atoms with Crippen LogP contribution in [0, 0.1) is 13.8 Å². The van der Waals surface area contributed by atoms with E-state index in [9.17, 15) is 18.0 Å². The minimum Gasteiger partial charge on any atom is -0.475 e. The Morgan fingerprint density at radius 1 is 1.28 bits per heavy atom. The predicted molar refractivity (Wildman–Crippen MR) is 91.2 cm³/mol. The summed E-state index contributed by atoms with van der Waals surface area (Å²) in [6.07, 6.45) is -7.44. The number of esters is 1. The normalized spacial score (nSPS) is 17.2. The molecule has 0 aliphatic carbocycles. The van der Waals surface area contributed by atoms with Crippen molar-refractivity contribution in [3.05, 3.63) is 34.4 Å². The Kier molecular flexibility index (Phi) is 7.96. The van der Waals surface area contributed by atoms with Gasteiger partial charge in [0.15, 0.2) is 6.10 Å². The third-order valence-corrected chi connectivity index (χ3v) is 3.83.